The molecule has 0 radical (unpaired) electrons. The largest absolute Gasteiger partial charge is 0.495 e. The summed E-state index contributed by atoms with van der Waals surface area (Å²) in [7, 11) is -2.35. The fourth-order valence-corrected chi connectivity index (χ4v) is 5.20. The Morgan fingerprint density at radius 1 is 1.25 bits per heavy atom. The maximum absolute atomic E-state index is 13.1. The van der Waals surface area contributed by atoms with E-state index in [1.165, 1.54) is 17.5 Å². The molecule has 1 atom stereocenters. The van der Waals surface area contributed by atoms with E-state index in [9.17, 15) is 13.2 Å². The minimum atomic E-state index is -3.78. The molecule has 1 aromatic carbocycles. The lowest BCUT2D eigenvalue weighted by atomic mass is 10.1. The third-order valence-electron chi connectivity index (χ3n) is 5.07. The number of hydrogen-bond donors (Lipinski definition) is 0. The second kappa shape index (κ2) is 9.21. The van der Waals surface area contributed by atoms with Gasteiger partial charge < -0.3 is 19.1 Å². The van der Waals surface area contributed by atoms with Gasteiger partial charge in [0.15, 0.2) is 0 Å². The van der Waals surface area contributed by atoms with Crippen LogP contribution in [-0.2, 0) is 19.5 Å². The van der Waals surface area contributed by atoms with Gasteiger partial charge in [-0.25, -0.2) is 8.42 Å². The number of hydrogen-bond acceptors (Lipinski definition) is 6. The topological polar surface area (TPSA) is 85.4 Å². The van der Waals surface area contributed by atoms with Gasteiger partial charge in [0.05, 0.1) is 26.4 Å². The summed E-state index contributed by atoms with van der Waals surface area (Å²) in [6, 6.07) is 4.59. The first-order valence-electron chi connectivity index (χ1n) is 9.64. The van der Waals surface area contributed by atoms with E-state index < -0.39 is 10.0 Å². The molecule has 28 heavy (non-hydrogen) atoms. The van der Waals surface area contributed by atoms with Crippen LogP contribution in [0.5, 0.6) is 5.75 Å². The molecule has 2 fully saturated rings. The van der Waals surface area contributed by atoms with E-state index in [1.54, 1.807) is 17.0 Å². The van der Waals surface area contributed by atoms with Gasteiger partial charge in [0.25, 0.3) is 5.91 Å². The normalized spacial score (nSPS) is 21.5. The molecule has 2 heterocycles. The fraction of sp³-hybridized carbons (Fsp3) is 0.632. The number of methoxy groups -OCH3 is 1. The fourth-order valence-electron chi connectivity index (χ4n) is 3.61. The van der Waals surface area contributed by atoms with Gasteiger partial charge in [0.2, 0.25) is 10.0 Å². The van der Waals surface area contributed by atoms with E-state index in [2.05, 4.69) is 0 Å². The molecular weight excluding hydrogens is 384 g/mol. The minimum absolute atomic E-state index is 0.0149. The van der Waals surface area contributed by atoms with Crippen molar-refractivity contribution in [3.05, 3.63) is 23.8 Å². The predicted molar refractivity (Wildman–Crippen MR) is 103 cm³/mol. The van der Waals surface area contributed by atoms with E-state index in [0.29, 0.717) is 38.5 Å². The number of carbonyl (C=O) groups is 1. The molecule has 2 aliphatic rings. The SMILES string of the molecule is CCOC1CCCN(C(=O)c2ccc(OC)c(S(=O)(=O)N3CCOCC3)c2)C1. The van der Waals surface area contributed by atoms with Gasteiger partial charge in [0, 0.05) is 38.3 Å². The van der Waals surface area contributed by atoms with Gasteiger partial charge >= 0.3 is 0 Å². The summed E-state index contributed by atoms with van der Waals surface area (Å²) in [4.78, 5) is 14.8. The summed E-state index contributed by atoms with van der Waals surface area (Å²) in [6.07, 6.45) is 1.82. The van der Waals surface area contributed by atoms with Gasteiger partial charge in [-0.3, -0.25) is 4.79 Å². The third kappa shape index (κ3) is 4.48. The summed E-state index contributed by atoms with van der Waals surface area (Å²) < 4.78 is 43.8. The van der Waals surface area contributed by atoms with Gasteiger partial charge in [-0.2, -0.15) is 4.31 Å². The number of piperidine rings is 1. The Morgan fingerprint density at radius 3 is 2.68 bits per heavy atom. The zero-order valence-electron chi connectivity index (χ0n) is 16.4. The van der Waals surface area contributed by atoms with Crippen LogP contribution in [0.1, 0.15) is 30.1 Å². The number of benzene rings is 1. The second-order valence-electron chi connectivity index (χ2n) is 6.85. The maximum Gasteiger partial charge on any atom is 0.253 e. The van der Waals surface area contributed by atoms with Crippen LogP contribution in [0.25, 0.3) is 0 Å². The number of morpholine rings is 1. The molecule has 8 nitrogen and oxygen atoms in total. The van der Waals surface area contributed by atoms with Gasteiger partial charge in [0.1, 0.15) is 10.6 Å². The number of ether oxygens (including phenoxy) is 3. The predicted octanol–water partition coefficient (Wildman–Crippen LogP) is 1.36. The van der Waals surface area contributed by atoms with E-state index >= 15 is 0 Å². The van der Waals surface area contributed by atoms with Crippen LogP contribution in [0, 0.1) is 0 Å². The highest BCUT2D eigenvalue weighted by Crippen LogP contribution is 2.29. The highest BCUT2D eigenvalue weighted by molar-refractivity contribution is 7.89. The van der Waals surface area contributed by atoms with Gasteiger partial charge in [-0.1, -0.05) is 0 Å². The standard InChI is InChI=1S/C19H28N2O6S/c1-3-27-16-5-4-8-20(14-16)19(22)15-6-7-17(25-2)18(13-15)28(23,24)21-9-11-26-12-10-21/h6-7,13,16H,3-5,8-12,14H2,1-2H3. The van der Waals surface area contributed by atoms with Crippen molar-refractivity contribution in [3.8, 4) is 5.75 Å². The molecule has 3 rings (SSSR count). The Hall–Kier alpha value is -1.68. The van der Waals surface area contributed by atoms with Crippen molar-refractivity contribution in [3.63, 3.8) is 0 Å². The molecule has 9 heteroatoms. The molecule has 0 N–H and O–H groups in total. The van der Waals surface area contributed by atoms with E-state index in [0.717, 1.165) is 12.8 Å². The maximum atomic E-state index is 13.1. The molecular formula is C19H28N2O6S. The lowest BCUT2D eigenvalue weighted by molar-refractivity contribution is 0.00723. The number of amides is 1. The first kappa shape index (κ1) is 21.0. The summed E-state index contributed by atoms with van der Waals surface area (Å²) >= 11 is 0. The van der Waals surface area contributed by atoms with Crippen molar-refractivity contribution < 1.29 is 27.4 Å². The number of nitrogens with zero attached hydrogens (tertiary/aromatic N) is 2. The average Bonchev–Trinajstić information content (AvgIpc) is 2.74. The highest BCUT2D eigenvalue weighted by atomic mass is 32.2. The molecule has 1 unspecified atom stereocenters. The Bertz CT molecular complexity index is 790. The van der Waals surface area contributed by atoms with Crippen LogP contribution in [0.3, 0.4) is 0 Å². The molecule has 2 aliphatic heterocycles. The monoisotopic (exact) mass is 412 g/mol. The van der Waals surface area contributed by atoms with E-state index in [-0.39, 0.29) is 35.7 Å². The van der Waals surface area contributed by atoms with Gasteiger partial charge in [-0.05, 0) is 38.0 Å². The quantitative estimate of drug-likeness (QED) is 0.701. The van der Waals surface area contributed by atoms with Gasteiger partial charge in [-0.15, -0.1) is 0 Å². The summed E-state index contributed by atoms with van der Waals surface area (Å²) in [5.41, 5.74) is 0.338. The first-order chi connectivity index (χ1) is 13.5. The molecule has 0 saturated carbocycles. The Morgan fingerprint density at radius 2 is 2.00 bits per heavy atom. The molecule has 1 aromatic rings. The lowest BCUT2D eigenvalue weighted by Crippen LogP contribution is -2.43. The first-order valence-corrected chi connectivity index (χ1v) is 11.1. The van der Waals surface area contributed by atoms with Crippen molar-refractivity contribution in [1.29, 1.82) is 0 Å². The molecule has 0 spiro atoms. The molecule has 156 valence electrons. The summed E-state index contributed by atoms with van der Waals surface area (Å²) in [5.74, 6) is 0.0411. The van der Waals surface area contributed by atoms with Crippen LogP contribution < -0.4 is 4.74 Å². The number of sulfonamides is 1. The molecule has 1 amide bonds. The number of carbonyl (C=O) groups excluding carboxylic acids is 1. The third-order valence-corrected chi connectivity index (χ3v) is 6.99. The van der Waals surface area contributed by atoms with E-state index in [1.807, 2.05) is 6.92 Å². The molecule has 2 saturated heterocycles. The average molecular weight is 413 g/mol. The highest BCUT2D eigenvalue weighted by Gasteiger charge is 2.31. The molecule has 0 aliphatic carbocycles. The van der Waals surface area contributed by atoms with Crippen LogP contribution in [0.15, 0.2) is 23.1 Å². The zero-order chi connectivity index (χ0) is 20.1. The van der Waals surface area contributed by atoms with Crippen LogP contribution in [0.2, 0.25) is 0 Å². The van der Waals surface area contributed by atoms with Crippen molar-refractivity contribution in [2.75, 3.05) is 53.1 Å². The smallest absolute Gasteiger partial charge is 0.253 e. The van der Waals surface area contributed by atoms with Crippen LogP contribution >= 0.6 is 0 Å². The van der Waals surface area contributed by atoms with Crippen LogP contribution in [0.4, 0.5) is 0 Å². The minimum Gasteiger partial charge on any atom is -0.495 e. The van der Waals surface area contributed by atoms with Crippen molar-refractivity contribution in [1.82, 2.24) is 9.21 Å². The van der Waals surface area contributed by atoms with Crippen molar-refractivity contribution in [2.45, 2.75) is 30.8 Å². The Kier molecular flexibility index (Phi) is 6.92. The summed E-state index contributed by atoms with van der Waals surface area (Å²) in [5, 5.41) is 0. The van der Waals surface area contributed by atoms with Crippen LogP contribution in [-0.4, -0.2) is 82.7 Å². The number of rotatable bonds is 6. The summed E-state index contributed by atoms with van der Waals surface area (Å²) in [6.45, 7) is 4.98. The van der Waals surface area contributed by atoms with Crippen molar-refractivity contribution >= 4 is 15.9 Å². The zero-order valence-corrected chi connectivity index (χ0v) is 17.2. The molecule has 0 bridgehead atoms. The second-order valence-corrected chi connectivity index (χ2v) is 8.76. The molecule has 0 aromatic heterocycles. The van der Waals surface area contributed by atoms with Crippen molar-refractivity contribution in [2.24, 2.45) is 0 Å². The van der Waals surface area contributed by atoms with E-state index in [4.69, 9.17) is 14.2 Å². The lowest BCUT2D eigenvalue weighted by Gasteiger charge is -2.32. The number of likely N-dealkylation sites (tertiary alicyclic amines) is 1. The Labute approximate surface area is 166 Å². The Balaban J connectivity index is 1.87.